The highest BCUT2D eigenvalue weighted by molar-refractivity contribution is 5.20. The summed E-state index contributed by atoms with van der Waals surface area (Å²) in [6, 6.07) is 0. The van der Waals surface area contributed by atoms with E-state index in [1.54, 1.807) is 6.08 Å². The third-order valence-electron chi connectivity index (χ3n) is 1.73. The second kappa shape index (κ2) is 3.44. The second-order valence-electron chi connectivity index (χ2n) is 2.77. The predicted molar refractivity (Wildman–Crippen MR) is 43.2 cm³/mol. The number of hydrogen-bond donors (Lipinski definition) is 3. The molecule has 0 amide bonds. The van der Waals surface area contributed by atoms with Crippen LogP contribution in [-0.2, 0) is 0 Å². The zero-order valence-corrected chi connectivity index (χ0v) is 6.33. The van der Waals surface area contributed by atoms with Crippen molar-refractivity contribution in [3.8, 4) is 0 Å². The van der Waals surface area contributed by atoms with Gasteiger partial charge in [0.25, 0.3) is 0 Å². The van der Waals surface area contributed by atoms with Crippen LogP contribution in [-0.4, -0.2) is 16.8 Å². The number of nitrogens with two attached hydrogens (primary N) is 1. The van der Waals surface area contributed by atoms with Gasteiger partial charge in [-0.25, -0.2) is 0 Å². The number of aliphatic hydroxyl groups excluding tert-OH is 2. The Bertz CT molecular complexity index is 196. The van der Waals surface area contributed by atoms with Gasteiger partial charge in [0.05, 0.1) is 5.76 Å². The standard InChI is InChI=1S/C8H13NO2/c9-2-1-6-3-7(10)5-8(11)4-6/h3,5-6,10-11H,1-2,4,9H2. The van der Waals surface area contributed by atoms with Crippen molar-refractivity contribution < 1.29 is 10.2 Å². The van der Waals surface area contributed by atoms with E-state index in [-0.39, 0.29) is 17.4 Å². The highest BCUT2D eigenvalue weighted by Gasteiger charge is 2.12. The molecular weight excluding hydrogens is 142 g/mol. The maximum atomic E-state index is 9.10. The Kier molecular flexibility index (Phi) is 2.54. The summed E-state index contributed by atoms with van der Waals surface area (Å²) in [4.78, 5) is 0. The zero-order valence-electron chi connectivity index (χ0n) is 6.33. The van der Waals surface area contributed by atoms with E-state index in [0.717, 1.165) is 6.42 Å². The Morgan fingerprint density at radius 2 is 2.27 bits per heavy atom. The van der Waals surface area contributed by atoms with Crippen LogP contribution in [0.5, 0.6) is 0 Å². The van der Waals surface area contributed by atoms with Crippen molar-refractivity contribution in [3.63, 3.8) is 0 Å². The summed E-state index contributed by atoms with van der Waals surface area (Å²) in [7, 11) is 0. The van der Waals surface area contributed by atoms with Gasteiger partial charge in [-0.2, -0.15) is 0 Å². The molecule has 1 aliphatic rings. The average Bonchev–Trinajstić information content (AvgIpc) is 1.85. The van der Waals surface area contributed by atoms with Crippen LogP contribution in [0.25, 0.3) is 0 Å². The zero-order chi connectivity index (χ0) is 8.27. The van der Waals surface area contributed by atoms with Crippen molar-refractivity contribution >= 4 is 0 Å². The molecule has 62 valence electrons. The molecule has 0 aromatic heterocycles. The smallest absolute Gasteiger partial charge is 0.115 e. The fourth-order valence-corrected chi connectivity index (χ4v) is 1.25. The highest BCUT2D eigenvalue weighted by Crippen LogP contribution is 2.21. The molecule has 4 N–H and O–H groups in total. The van der Waals surface area contributed by atoms with E-state index in [1.165, 1.54) is 6.08 Å². The lowest BCUT2D eigenvalue weighted by Crippen LogP contribution is -2.10. The van der Waals surface area contributed by atoms with Gasteiger partial charge >= 0.3 is 0 Å². The molecule has 0 aliphatic heterocycles. The lowest BCUT2D eigenvalue weighted by Gasteiger charge is -2.15. The van der Waals surface area contributed by atoms with Crippen molar-refractivity contribution in [2.45, 2.75) is 12.8 Å². The fourth-order valence-electron chi connectivity index (χ4n) is 1.25. The molecule has 0 aromatic rings. The minimum absolute atomic E-state index is 0.146. The minimum Gasteiger partial charge on any atom is -0.512 e. The molecule has 0 saturated heterocycles. The van der Waals surface area contributed by atoms with E-state index in [1.807, 2.05) is 0 Å². The van der Waals surface area contributed by atoms with Gasteiger partial charge in [-0.1, -0.05) is 0 Å². The summed E-state index contributed by atoms with van der Waals surface area (Å²) >= 11 is 0. The first-order chi connectivity index (χ1) is 5.22. The average molecular weight is 155 g/mol. The van der Waals surface area contributed by atoms with Gasteiger partial charge in [-0.05, 0) is 25.0 Å². The second-order valence-corrected chi connectivity index (χ2v) is 2.77. The topological polar surface area (TPSA) is 66.5 Å². The summed E-state index contributed by atoms with van der Waals surface area (Å²) < 4.78 is 0. The number of aliphatic hydroxyl groups is 2. The highest BCUT2D eigenvalue weighted by atomic mass is 16.3. The number of allylic oxidation sites excluding steroid dienone is 3. The molecule has 3 heteroatoms. The summed E-state index contributed by atoms with van der Waals surface area (Å²) in [6.07, 6.45) is 4.50. The van der Waals surface area contributed by atoms with Gasteiger partial charge in [0.2, 0.25) is 0 Å². The molecule has 1 rings (SSSR count). The van der Waals surface area contributed by atoms with E-state index in [2.05, 4.69) is 0 Å². The van der Waals surface area contributed by atoms with E-state index >= 15 is 0 Å². The van der Waals surface area contributed by atoms with E-state index in [0.29, 0.717) is 13.0 Å². The SMILES string of the molecule is NCCC1C=C(O)C=C(O)C1. The first-order valence-electron chi connectivity index (χ1n) is 3.72. The number of hydrogen-bond acceptors (Lipinski definition) is 3. The maximum Gasteiger partial charge on any atom is 0.115 e. The minimum atomic E-state index is 0.146. The van der Waals surface area contributed by atoms with Gasteiger partial charge in [0, 0.05) is 12.5 Å². The Balaban J connectivity index is 2.56. The molecular formula is C8H13NO2. The molecule has 1 aliphatic carbocycles. The normalized spacial score (nSPS) is 24.3. The summed E-state index contributed by atoms with van der Waals surface area (Å²) in [5, 5.41) is 18.2. The summed E-state index contributed by atoms with van der Waals surface area (Å²) in [5.74, 6) is 0.584. The predicted octanol–water partition coefficient (Wildman–Crippen LogP) is 1.24. The Hall–Kier alpha value is -0.960. The summed E-state index contributed by atoms with van der Waals surface area (Å²) in [5.41, 5.74) is 5.34. The molecule has 0 aromatic carbocycles. The van der Waals surface area contributed by atoms with Crippen LogP contribution in [0.4, 0.5) is 0 Å². The molecule has 0 radical (unpaired) electrons. The van der Waals surface area contributed by atoms with Crippen LogP contribution in [0, 0.1) is 5.92 Å². The largest absolute Gasteiger partial charge is 0.512 e. The third-order valence-corrected chi connectivity index (χ3v) is 1.73. The van der Waals surface area contributed by atoms with Crippen LogP contribution >= 0.6 is 0 Å². The molecule has 0 fully saturated rings. The van der Waals surface area contributed by atoms with Gasteiger partial charge in [-0.15, -0.1) is 0 Å². The third kappa shape index (κ3) is 2.27. The van der Waals surface area contributed by atoms with Crippen LogP contribution < -0.4 is 5.73 Å². The van der Waals surface area contributed by atoms with Crippen LogP contribution in [0.1, 0.15) is 12.8 Å². The first-order valence-corrected chi connectivity index (χ1v) is 3.72. The van der Waals surface area contributed by atoms with E-state index < -0.39 is 0 Å². The lowest BCUT2D eigenvalue weighted by atomic mass is 9.95. The lowest BCUT2D eigenvalue weighted by molar-refractivity contribution is 0.335. The first kappa shape index (κ1) is 8.14. The molecule has 0 bridgehead atoms. The van der Waals surface area contributed by atoms with Crippen LogP contribution in [0.15, 0.2) is 23.7 Å². The maximum absolute atomic E-state index is 9.10. The van der Waals surface area contributed by atoms with Crippen LogP contribution in [0.3, 0.4) is 0 Å². The van der Waals surface area contributed by atoms with Crippen molar-refractivity contribution in [2.75, 3.05) is 6.54 Å². The molecule has 0 heterocycles. The van der Waals surface area contributed by atoms with Crippen molar-refractivity contribution in [2.24, 2.45) is 11.7 Å². The summed E-state index contributed by atoms with van der Waals surface area (Å²) in [6.45, 7) is 0.585. The van der Waals surface area contributed by atoms with Crippen molar-refractivity contribution in [1.82, 2.24) is 0 Å². The van der Waals surface area contributed by atoms with Gasteiger partial charge in [0.1, 0.15) is 5.76 Å². The van der Waals surface area contributed by atoms with Gasteiger partial charge in [0.15, 0.2) is 0 Å². The van der Waals surface area contributed by atoms with Crippen molar-refractivity contribution in [3.05, 3.63) is 23.7 Å². The van der Waals surface area contributed by atoms with E-state index in [4.69, 9.17) is 15.9 Å². The quantitative estimate of drug-likeness (QED) is 0.562. The Labute approximate surface area is 65.8 Å². The molecule has 0 saturated carbocycles. The van der Waals surface area contributed by atoms with Crippen molar-refractivity contribution in [1.29, 1.82) is 0 Å². The fraction of sp³-hybridized carbons (Fsp3) is 0.500. The Morgan fingerprint density at radius 3 is 2.82 bits per heavy atom. The van der Waals surface area contributed by atoms with E-state index in [9.17, 15) is 0 Å². The van der Waals surface area contributed by atoms with Gasteiger partial charge < -0.3 is 15.9 Å². The van der Waals surface area contributed by atoms with Crippen LogP contribution in [0.2, 0.25) is 0 Å². The molecule has 11 heavy (non-hydrogen) atoms. The molecule has 1 atom stereocenters. The monoisotopic (exact) mass is 155 g/mol. The number of rotatable bonds is 2. The molecule has 1 unspecified atom stereocenters. The molecule has 0 spiro atoms. The van der Waals surface area contributed by atoms with Gasteiger partial charge in [-0.3, -0.25) is 0 Å². The Morgan fingerprint density at radius 1 is 1.55 bits per heavy atom. The molecule has 3 nitrogen and oxygen atoms in total.